The van der Waals surface area contributed by atoms with Crippen molar-refractivity contribution in [3.63, 3.8) is 0 Å². The summed E-state index contributed by atoms with van der Waals surface area (Å²) in [5.41, 5.74) is 0.197. The first-order chi connectivity index (χ1) is 11.0. The number of ether oxygens (including phenoxy) is 1. The highest BCUT2D eigenvalue weighted by molar-refractivity contribution is 7.20. The minimum absolute atomic E-state index is 0.136. The van der Waals surface area contributed by atoms with Gasteiger partial charge in [0, 0.05) is 26.5 Å². The predicted octanol–water partition coefficient (Wildman–Crippen LogP) is 1.96. The molecule has 2 heterocycles. The van der Waals surface area contributed by atoms with E-state index in [1.165, 1.54) is 4.57 Å². The molecule has 0 aliphatic rings. The number of aryl methyl sites for hydroxylation is 1. The normalized spacial score (nSPS) is 10.8. The summed E-state index contributed by atoms with van der Waals surface area (Å²) in [6.07, 6.45) is 1.34. The monoisotopic (exact) mass is 335 g/mol. The number of methoxy groups -OCH3 is 1. The number of rotatable bonds is 7. The molecule has 2 rings (SSSR count). The molecule has 0 bridgehead atoms. The van der Waals surface area contributed by atoms with Crippen molar-refractivity contribution in [2.45, 2.75) is 32.7 Å². The van der Waals surface area contributed by atoms with Crippen LogP contribution in [0, 0.1) is 18.3 Å². The number of carboxylic acids is 1. The van der Waals surface area contributed by atoms with Gasteiger partial charge in [-0.3, -0.25) is 9.36 Å². The standard InChI is InChI=1S/C15H17N3O4S/c1-9-11-13(23-12(9)15(20)21)17-10(5-8-22-2)18(14(11)19)7-4-3-6-16/h3-5,7-8H2,1-2H3,(H,20,21). The molecule has 0 saturated heterocycles. The summed E-state index contributed by atoms with van der Waals surface area (Å²) < 4.78 is 6.58. The van der Waals surface area contributed by atoms with Crippen LogP contribution in [0.25, 0.3) is 10.2 Å². The molecule has 8 heteroatoms. The number of aromatic carboxylic acids is 1. The zero-order valence-corrected chi connectivity index (χ0v) is 13.8. The number of thiophene rings is 1. The van der Waals surface area contributed by atoms with E-state index in [4.69, 9.17) is 10.00 Å². The number of fused-ring (bicyclic) bond motifs is 1. The second-order valence-electron chi connectivity index (χ2n) is 5.03. The van der Waals surface area contributed by atoms with Crippen LogP contribution in [0.15, 0.2) is 4.79 Å². The molecule has 0 aliphatic carbocycles. The van der Waals surface area contributed by atoms with Crippen LogP contribution in [0.4, 0.5) is 0 Å². The van der Waals surface area contributed by atoms with Gasteiger partial charge >= 0.3 is 5.97 Å². The van der Waals surface area contributed by atoms with E-state index < -0.39 is 5.97 Å². The van der Waals surface area contributed by atoms with Gasteiger partial charge in [0.2, 0.25) is 0 Å². The molecule has 122 valence electrons. The lowest BCUT2D eigenvalue weighted by molar-refractivity contribution is 0.0701. The fourth-order valence-corrected chi connectivity index (χ4v) is 3.42. The quantitative estimate of drug-likeness (QED) is 0.775. The first-order valence-electron chi connectivity index (χ1n) is 7.13. The van der Waals surface area contributed by atoms with E-state index in [1.54, 1.807) is 14.0 Å². The largest absolute Gasteiger partial charge is 0.477 e. The van der Waals surface area contributed by atoms with E-state index in [2.05, 4.69) is 11.1 Å². The van der Waals surface area contributed by atoms with Crippen LogP contribution in [-0.4, -0.2) is 34.3 Å². The number of unbranched alkanes of at least 4 members (excludes halogenated alkanes) is 1. The second-order valence-corrected chi connectivity index (χ2v) is 6.03. The van der Waals surface area contributed by atoms with Gasteiger partial charge in [-0.2, -0.15) is 5.26 Å². The first-order valence-corrected chi connectivity index (χ1v) is 7.94. The van der Waals surface area contributed by atoms with Crippen molar-refractivity contribution >= 4 is 27.5 Å². The third-order valence-corrected chi connectivity index (χ3v) is 4.70. The molecular weight excluding hydrogens is 318 g/mol. The van der Waals surface area contributed by atoms with Crippen LogP contribution < -0.4 is 5.56 Å². The predicted molar refractivity (Wildman–Crippen MR) is 86.0 cm³/mol. The number of hydrogen-bond donors (Lipinski definition) is 1. The van der Waals surface area contributed by atoms with Crippen molar-refractivity contribution in [2.75, 3.05) is 13.7 Å². The number of carbonyl (C=O) groups is 1. The van der Waals surface area contributed by atoms with E-state index in [1.807, 2.05) is 0 Å². The minimum Gasteiger partial charge on any atom is -0.477 e. The van der Waals surface area contributed by atoms with Crippen molar-refractivity contribution in [1.29, 1.82) is 5.26 Å². The van der Waals surface area contributed by atoms with Crippen LogP contribution in [-0.2, 0) is 17.7 Å². The number of nitrogens with zero attached hydrogens (tertiary/aromatic N) is 3. The fourth-order valence-electron chi connectivity index (χ4n) is 2.39. The molecule has 0 radical (unpaired) electrons. The number of aromatic nitrogens is 2. The van der Waals surface area contributed by atoms with Crippen LogP contribution in [0.3, 0.4) is 0 Å². The molecule has 23 heavy (non-hydrogen) atoms. The van der Waals surface area contributed by atoms with Crippen LogP contribution in [0.5, 0.6) is 0 Å². The molecule has 0 saturated carbocycles. The molecule has 2 aromatic heterocycles. The molecule has 0 atom stereocenters. The average Bonchev–Trinajstić information content (AvgIpc) is 2.85. The van der Waals surface area contributed by atoms with Gasteiger partial charge in [0.25, 0.3) is 5.56 Å². The summed E-state index contributed by atoms with van der Waals surface area (Å²) >= 11 is 1.01. The van der Waals surface area contributed by atoms with Gasteiger partial charge in [0.1, 0.15) is 15.5 Å². The van der Waals surface area contributed by atoms with Gasteiger partial charge in [0.05, 0.1) is 18.1 Å². The third kappa shape index (κ3) is 3.41. The summed E-state index contributed by atoms with van der Waals surface area (Å²) in [6.45, 7) is 2.41. The Kier molecular flexibility index (Phi) is 5.47. The highest BCUT2D eigenvalue weighted by Crippen LogP contribution is 2.27. The Labute approximate surface area is 136 Å². The fraction of sp³-hybridized carbons (Fsp3) is 0.467. The summed E-state index contributed by atoms with van der Waals surface area (Å²) in [5.74, 6) is -0.500. The van der Waals surface area contributed by atoms with Gasteiger partial charge in [-0.1, -0.05) is 0 Å². The Morgan fingerprint density at radius 1 is 1.52 bits per heavy atom. The van der Waals surface area contributed by atoms with Gasteiger partial charge < -0.3 is 9.84 Å². The Hall–Kier alpha value is -2.24. The molecular formula is C15H17N3O4S. The molecule has 7 nitrogen and oxygen atoms in total. The highest BCUT2D eigenvalue weighted by atomic mass is 32.1. The topological polar surface area (TPSA) is 105 Å². The summed E-state index contributed by atoms with van der Waals surface area (Å²) in [6, 6.07) is 2.05. The van der Waals surface area contributed by atoms with Crippen LogP contribution >= 0.6 is 11.3 Å². The summed E-state index contributed by atoms with van der Waals surface area (Å²) in [7, 11) is 1.56. The smallest absolute Gasteiger partial charge is 0.346 e. The van der Waals surface area contributed by atoms with Gasteiger partial charge in [-0.05, 0) is 18.9 Å². The summed E-state index contributed by atoms with van der Waals surface area (Å²) in [5, 5.41) is 18.2. The van der Waals surface area contributed by atoms with E-state index in [0.717, 1.165) is 11.3 Å². The molecule has 0 aromatic carbocycles. The lowest BCUT2D eigenvalue weighted by Crippen LogP contribution is -2.26. The zero-order valence-electron chi connectivity index (χ0n) is 13.0. The maximum absolute atomic E-state index is 12.8. The Morgan fingerprint density at radius 2 is 2.26 bits per heavy atom. The first kappa shape index (κ1) is 17.1. The van der Waals surface area contributed by atoms with Crippen molar-refractivity contribution in [3.05, 3.63) is 26.6 Å². The molecule has 0 unspecified atom stereocenters. The zero-order chi connectivity index (χ0) is 17.0. The van der Waals surface area contributed by atoms with Crippen LogP contribution in [0.2, 0.25) is 0 Å². The molecule has 0 amide bonds. The van der Waals surface area contributed by atoms with Crippen molar-refractivity contribution < 1.29 is 14.6 Å². The highest BCUT2D eigenvalue weighted by Gasteiger charge is 2.20. The Bertz CT molecular complexity index is 832. The lowest BCUT2D eigenvalue weighted by Gasteiger charge is -2.11. The molecule has 1 N–H and O–H groups in total. The maximum atomic E-state index is 12.8. The average molecular weight is 335 g/mol. The maximum Gasteiger partial charge on any atom is 0.346 e. The SMILES string of the molecule is COCCc1nc2sc(C(=O)O)c(C)c2c(=O)n1CCCC#N. The molecule has 0 aliphatic heterocycles. The van der Waals surface area contributed by atoms with Crippen molar-refractivity contribution in [3.8, 4) is 6.07 Å². The Balaban J connectivity index is 2.61. The number of nitriles is 1. The molecule has 0 fully saturated rings. The lowest BCUT2D eigenvalue weighted by atomic mass is 10.2. The van der Waals surface area contributed by atoms with Crippen LogP contribution in [0.1, 0.15) is 33.9 Å². The third-order valence-electron chi connectivity index (χ3n) is 3.52. The van der Waals surface area contributed by atoms with Gasteiger partial charge in [-0.25, -0.2) is 9.78 Å². The van der Waals surface area contributed by atoms with E-state index in [0.29, 0.717) is 54.0 Å². The van der Waals surface area contributed by atoms with Gasteiger partial charge in [0.15, 0.2) is 0 Å². The summed E-state index contributed by atoms with van der Waals surface area (Å²) in [4.78, 5) is 29.1. The van der Waals surface area contributed by atoms with E-state index >= 15 is 0 Å². The molecule has 2 aromatic rings. The van der Waals surface area contributed by atoms with Crippen molar-refractivity contribution in [1.82, 2.24) is 9.55 Å². The second kappa shape index (κ2) is 7.35. The van der Waals surface area contributed by atoms with E-state index in [-0.39, 0.29) is 10.4 Å². The van der Waals surface area contributed by atoms with Crippen molar-refractivity contribution in [2.24, 2.45) is 0 Å². The van der Waals surface area contributed by atoms with E-state index in [9.17, 15) is 14.7 Å². The van der Waals surface area contributed by atoms with Gasteiger partial charge in [-0.15, -0.1) is 11.3 Å². The molecule has 0 spiro atoms. The number of carboxylic acid groups (broad SMARTS) is 1. The minimum atomic E-state index is -1.06. The number of hydrogen-bond acceptors (Lipinski definition) is 6. The Morgan fingerprint density at radius 3 is 2.87 bits per heavy atom.